The number of aromatic nitrogens is 2. The third-order valence-corrected chi connectivity index (χ3v) is 6.17. The SMILES string of the molecule is COc1cccc(-c2cc(C(=O)NC(Cc3ccccc3)c3ccccc3)n(-c3ccc(F)cc3)n2)c1. The first-order chi connectivity index (χ1) is 18.1. The molecule has 1 heterocycles. The molecule has 5 aromatic rings. The fourth-order valence-corrected chi connectivity index (χ4v) is 4.26. The van der Waals surface area contributed by atoms with Gasteiger partial charge in [-0.2, -0.15) is 5.10 Å². The van der Waals surface area contributed by atoms with Gasteiger partial charge in [0.2, 0.25) is 0 Å². The van der Waals surface area contributed by atoms with E-state index >= 15 is 0 Å². The minimum Gasteiger partial charge on any atom is -0.497 e. The standard InChI is InChI=1S/C31H26FN3O2/c1-37-27-14-8-13-24(20-27)29-21-30(35(34-29)26-17-15-25(32)16-18-26)31(36)33-28(23-11-6-3-7-12-23)19-22-9-4-2-5-10-22/h2-18,20-21,28H,19H2,1H3,(H,33,36). The number of benzene rings is 4. The van der Waals surface area contributed by atoms with Crippen LogP contribution in [0.15, 0.2) is 115 Å². The van der Waals surface area contributed by atoms with Crippen LogP contribution in [0.3, 0.4) is 0 Å². The Hall–Kier alpha value is -4.71. The average Bonchev–Trinajstić information content (AvgIpc) is 3.40. The van der Waals surface area contributed by atoms with Crippen molar-refractivity contribution in [3.63, 3.8) is 0 Å². The molecule has 1 atom stereocenters. The number of halogens is 1. The molecule has 37 heavy (non-hydrogen) atoms. The van der Waals surface area contributed by atoms with Crippen molar-refractivity contribution in [2.24, 2.45) is 0 Å². The highest BCUT2D eigenvalue weighted by atomic mass is 19.1. The number of amides is 1. The second kappa shape index (κ2) is 10.9. The zero-order valence-electron chi connectivity index (χ0n) is 20.3. The van der Waals surface area contributed by atoms with Crippen LogP contribution >= 0.6 is 0 Å². The van der Waals surface area contributed by atoms with E-state index in [1.54, 1.807) is 30.0 Å². The van der Waals surface area contributed by atoms with Crippen molar-refractivity contribution in [3.05, 3.63) is 138 Å². The highest BCUT2D eigenvalue weighted by Crippen LogP contribution is 2.26. The van der Waals surface area contributed by atoms with Gasteiger partial charge in [-0.05, 0) is 60.0 Å². The van der Waals surface area contributed by atoms with Crippen LogP contribution in [0.25, 0.3) is 16.9 Å². The molecule has 0 aliphatic rings. The van der Waals surface area contributed by atoms with Gasteiger partial charge in [0.05, 0.1) is 24.5 Å². The van der Waals surface area contributed by atoms with Gasteiger partial charge in [-0.1, -0.05) is 72.8 Å². The van der Waals surface area contributed by atoms with Gasteiger partial charge in [-0.3, -0.25) is 4.79 Å². The molecule has 4 aromatic carbocycles. The minimum absolute atomic E-state index is 0.257. The summed E-state index contributed by atoms with van der Waals surface area (Å²) in [5.41, 5.74) is 4.45. The van der Waals surface area contributed by atoms with Crippen LogP contribution in [-0.4, -0.2) is 22.8 Å². The summed E-state index contributed by atoms with van der Waals surface area (Å²) in [7, 11) is 1.60. The third-order valence-electron chi connectivity index (χ3n) is 6.17. The molecule has 0 bridgehead atoms. The fraction of sp³-hybridized carbons (Fsp3) is 0.0968. The first kappa shape index (κ1) is 24.0. The molecule has 6 heteroatoms. The van der Waals surface area contributed by atoms with E-state index in [-0.39, 0.29) is 17.8 Å². The summed E-state index contributed by atoms with van der Waals surface area (Å²) in [5, 5.41) is 7.93. The van der Waals surface area contributed by atoms with Crippen LogP contribution in [0.1, 0.15) is 27.7 Å². The van der Waals surface area contributed by atoms with Crippen LogP contribution in [0.4, 0.5) is 4.39 Å². The number of methoxy groups -OCH3 is 1. The monoisotopic (exact) mass is 491 g/mol. The van der Waals surface area contributed by atoms with Gasteiger partial charge in [-0.15, -0.1) is 0 Å². The molecular weight excluding hydrogens is 465 g/mol. The first-order valence-electron chi connectivity index (χ1n) is 12.0. The normalized spacial score (nSPS) is 11.6. The number of carbonyl (C=O) groups excluding carboxylic acids is 1. The molecule has 0 fully saturated rings. The van der Waals surface area contributed by atoms with Gasteiger partial charge in [0.1, 0.15) is 17.3 Å². The van der Waals surface area contributed by atoms with Crippen molar-refractivity contribution >= 4 is 5.91 Å². The van der Waals surface area contributed by atoms with Crippen molar-refractivity contribution in [3.8, 4) is 22.7 Å². The summed E-state index contributed by atoms with van der Waals surface area (Å²) in [6.07, 6.45) is 0.629. The van der Waals surface area contributed by atoms with Gasteiger partial charge in [0.25, 0.3) is 5.91 Å². The van der Waals surface area contributed by atoms with E-state index in [2.05, 4.69) is 5.32 Å². The molecular formula is C31H26FN3O2. The predicted molar refractivity (Wildman–Crippen MR) is 142 cm³/mol. The highest BCUT2D eigenvalue weighted by Gasteiger charge is 2.22. The minimum atomic E-state index is -0.359. The van der Waals surface area contributed by atoms with E-state index < -0.39 is 0 Å². The maximum absolute atomic E-state index is 13.8. The summed E-state index contributed by atoms with van der Waals surface area (Å²) in [4.78, 5) is 13.8. The van der Waals surface area contributed by atoms with E-state index in [0.29, 0.717) is 29.2 Å². The van der Waals surface area contributed by atoms with Crippen LogP contribution in [0.5, 0.6) is 5.75 Å². The Morgan fingerprint density at radius 2 is 1.59 bits per heavy atom. The summed E-state index contributed by atoms with van der Waals surface area (Å²) in [6.45, 7) is 0. The van der Waals surface area contributed by atoms with E-state index in [4.69, 9.17) is 9.84 Å². The zero-order valence-corrected chi connectivity index (χ0v) is 20.3. The van der Waals surface area contributed by atoms with Crippen molar-refractivity contribution in [2.45, 2.75) is 12.5 Å². The second-order valence-corrected chi connectivity index (χ2v) is 8.66. The lowest BCUT2D eigenvalue weighted by Crippen LogP contribution is -2.31. The molecule has 0 radical (unpaired) electrons. The first-order valence-corrected chi connectivity index (χ1v) is 12.0. The number of nitrogens with zero attached hydrogens (tertiary/aromatic N) is 2. The van der Waals surface area contributed by atoms with Gasteiger partial charge in [-0.25, -0.2) is 9.07 Å². The van der Waals surface area contributed by atoms with Crippen molar-refractivity contribution in [1.82, 2.24) is 15.1 Å². The zero-order chi connectivity index (χ0) is 25.6. The Morgan fingerprint density at radius 1 is 0.892 bits per heavy atom. The number of carbonyl (C=O) groups is 1. The Labute approximate surface area is 215 Å². The molecule has 1 aromatic heterocycles. The quantitative estimate of drug-likeness (QED) is 0.273. The molecule has 5 rings (SSSR count). The van der Waals surface area contributed by atoms with Crippen LogP contribution in [0.2, 0.25) is 0 Å². The second-order valence-electron chi connectivity index (χ2n) is 8.66. The van der Waals surface area contributed by atoms with Gasteiger partial charge in [0, 0.05) is 5.56 Å². The molecule has 184 valence electrons. The van der Waals surface area contributed by atoms with E-state index in [9.17, 15) is 9.18 Å². The maximum atomic E-state index is 13.8. The van der Waals surface area contributed by atoms with Crippen molar-refractivity contribution in [1.29, 1.82) is 0 Å². The van der Waals surface area contributed by atoms with Crippen LogP contribution in [0, 0.1) is 5.82 Å². The number of hydrogen-bond donors (Lipinski definition) is 1. The van der Waals surface area contributed by atoms with Crippen LogP contribution in [-0.2, 0) is 6.42 Å². The largest absolute Gasteiger partial charge is 0.497 e. The molecule has 0 aliphatic carbocycles. The smallest absolute Gasteiger partial charge is 0.270 e. The molecule has 5 nitrogen and oxygen atoms in total. The molecule has 0 aliphatic heterocycles. The molecule has 0 saturated carbocycles. The third kappa shape index (κ3) is 5.59. The van der Waals surface area contributed by atoms with Crippen LogP contribution < -0.4 is 10.1 Å². The summed E-state index contributed by atoms with van der Waals surface area (Å²) < 4.78 is 20.6. The Morgan fingerprint density at radius 3 is 2.30 bits per heavy atom. The predicted octanol–water partition coefficient (Wildman–Crippen LogP) is 6.40. The Bertz CT molecular complexity index is 1480. The highest BCUT2D eigenvalue weighted by molar-refractivity contribution is 5.94. The maximum Gasteiger partial charge on any atom is 0.270 e. The summed E-state index contributed by atoms with van der Waals surface area (Å²) >= 11 is 0. The van der Waals surface area contributed by atoms with Gasteiger partial charge >= 0.3 is 0 Å². The average molecular weight is 492 g/mol. The summed E-state index contributed by atoms with van der Waals surface area (Å²) in [5.74, 6) is 0.0459. The topological polar surface area (TPSA) is 56.1 Å². The number of nitrogens with one attached hydrogen (secondary N) is 1. The number of rotatable bonds is 8. The molecule has 0 saturated heterocycles. The van der Waals surface area contributed by atoms with E-state index in [1.807, 2.05) is 84.9 Å². The number of ether oxygens (including phenoxy) is 1. The van der Waals surface area contributed by atoms with Crippen molar-refractivity contribution < 1.29 is 13.9 Å². The van der Waals surface area contributed by atoms with E-state index in [1.165, 1.54) is 12.1 Å². The fourth-order valence-electron chi connectivity index (χ4n) is 4.26. The molecule has 1 N–H and O–H groups in total. The molecule has 1 amide bonds. The van der Waals surface area contributed by atoms with E-state index in [0.717, 1.165) is 16.7 Å². The summed E-state index contributed by atoms with van der Waals surface area (Å²) in [6, 6.07) is 34.8. The molecule has 1 unspecified atom stereocenters. The lowest BCUT2D eigenvalue weighted by Gasteiger charge is -2.20. The van der Waals surface area contributed by atoms with Gasteiger partial charge < -0.3 is 10.1 Å². The Balaban J connectivity index is 1.53. The molecule has 0 spiro atoms. The lowest BCUT2D eigenvalue weighted by atomic mass is 9.98. The van der Waals surface area contributed by atoms with Gasteiger partial charge in [0.15, 0.2) is 0 Å². The lowest BCUT2D eigenvalue weighted by molar-refractivity contribution is 0.0928. The van der Waals surface area contributed by atoms with Crippen molar-refractivity contribution in [2.75, 3.05) is 7.11 Å². The number of hydrogen-bond acceptors (Lipinski definition) is 3. The Kier molecular flexibility index (Phi) is 7.08.